The number of aliphatic hydroxyl groups is 1. The van der Waals surface area contributed by atoms with Crippen LogP contribution in [0.1, 0.15) is 50.5 Å². The highest BCUT2D eigenvalue weighted by Crippen LogP contribution is 2.33. The minimum Gasteiger partial charge on any atom is -0.396 e. The number of aliphatic hydroxyl groups excluding tert-OH is 1. The van der Waals surface area contributed by atoms with Gasteiger partial charge in [-0.15, -0.1) is 11.3 Å². The lowest BCUT2D eigenvalue weighted by Gasteiger charge is -2.28. The Bertz CT molecular complexity index is 794. The molecule has 3 rings (SSSR count). The lowest BCUT2D eigenvalue weighted by molar-refractivity contribution is 0.152. The molecule has 0 amide bonds. The molecule has 0 bridgehead atoms. The minimum atomic E-state index is -0.102. The first kappa shape index (κ1) is 18.5. The van der Waals surface area contributed by atoms with Crippen molar-refractivity contribution in [2.75, 3.05) is 13.2 Å². The zero-order valence-electron chi connectivity index (χ0n) is 15.5. The van der Waals surface area contributed by atoms with E-state index in [0.717, 1.165) is 55.4 Å². The van der Waals surface area contributed by atoms with Crippen molar-refractivity contribution in [2.24, 2.45) is 5.41 Å². The van der Waals surface area contributed by atoms with E-state index in [2.05, 4.69) is 31.1 Å². The standard InChI is InChI=1S/C19H29N3O2S/c1-4-5-8-22-12-21-17-16(18(22)24)14-7-6-13(9-15(14)25-17)20-10-19(2,3)11-23/h12-13,20,23H,4-11H2,1-3H3. The van der Waals surface area contributed by atoms with Gasteiger partial charge >= 0.3 is 0 Å². The summed E-state index contributed by atoms with van der Waals surface area (Å²) >= 11 is 1.68. The third-order valence-corrected chi connectivity index (χ3v) is 6.25. The van der Waals surface area contributed by atoms with E-state index in [1.165, 1.54) is 10.4 Å². The van der Waals surface area contributed by atoms with Gasteiger partial charge in [-0.3, -0.25) is 9.36 Å². The fraction of sp³-hybridized carbons (Fsp3) is 0.684. The Morgan fingerprint density at radius 1 is 1.48 bits per heavy atom. The maximum atomic E-state index is 12.8. The summed E-state index contributed by atoms with van der Waals surface area (Å²) in [6.07, 6.45) is 6.70. The van der Waals surface area contributed by atoms with Crippen molar-refractivity contribution in [1.29, 1.82) is 0 Å². The zero-order chi connectivity index (χ0) is 18.0. The molecule has 2 N–H and O–H groups in total. The predicted octanol–water partition coefficient (Wildman–Crippen LogP) is 2.72. The van der Waals surface area contributed by atoms with Crippen molar-refractivity contribution >= 4 is 21.6 Å². The summed E-state index contributed by atoms with van der Waals surface area (Å²) in [6, 6.07) is 0.411. The molecule has 2 heterocycles. The van der Waals surface area contributed by atoms with Gasteiger partial charge < -0.3 is 10.4 Å². The maximum absolute atomic E-state index is 12.8. The summed E-state index contributed by atoms with van der Waals surface area (Å²) < 4.78 is 1.77. The molecule has 0 saturated heterocycles. The molecular weight excluding hydrogens is 334 g/mol. The summed E-state index contributed by atoms with van der Waals surface area (Å²) in [4.78, 5) is 19.6. The molecule has 25 heavy (non-hydrogen) atoms. The Hall–Kier alpha value is -1.24. The van der Waals surface area contributed by atoms with Crippen LogP contribution >= 0.6 is 11.3 Å². The SMILES string of the molecule is CCCCn1cnc2sc3c(c2c1=O)CCC(NCC(C)(C)CO)C3. The van der Waals surface area contributed by atoms with Gasteiger partial charge in [-0.25, -0.2) is 4.98 Å². The van der Waals surface area contributed by atoms with Crippen LogP contribution < -0.4 is 10.9 Å². The summed E-state index contributed by atoms with van der Waals surface area (Å²) in [6.45, 7) is 8.00. The van der Waals surface area contributed by atoms with Gasteiger partial charge in [0.05, 0.1) is 11.7 Å². The van der Waals surface area contributed by atoms with Crippen molar-refractivity contribution in [1.82, 2.24) is 14.9 Å². The van der Waals surface area contributed by atoms with Gasteiger partial charge in [0, 0.05) is 36.0 Å². The highest BCUT2D eigenvalue weighted by Gasteiger charge is 2.26. The van der Waals surface area contributed by atoms with Gasteiger partial charge in [0.25, 0.3) is 5.56 Å². The van der Waals surface area contributed by atoms with E-state index >= 15 is 0 Å². The maximum Gasteiger partial charge on any atom is 0.262 e. The Labute approximate surface area is 153 Å². The van der Waals surface area contributed by atoms with Gasteiger partial charge in [0.15, 0.2) is 0 Å². The van der Waals surface area contributed by atoms with Gasteiger partial charge in [-0.2, -0.15) is 0 Å². The quantitative estimate of drug-likeness (QED) is 0.794. The number of nitrogens with zero attached hydrogens (tertiary/aromatic N) is 2. The molecule has 1 atom stereocenters. The van der Waals surface area contributed by atoms with Crippen LogP contribution in [0.5, 0.6) is 0 Å². The number of nitrogens with one attached hydrogen (secondary N) is 1. The number of hydrogen-bond acceptors (Lipinski definition) is 5. The number of aryl methyl sites for hydroxylation is 2. The zero-order valence-corrected chi connectivity index (χ0v) is 16.3. The Morgan fingerprint density at radius 2 is 2.28 bits per heavy atom. The van der Waals surface area contributed by atoms with Gasteiger partial charge in [-0.05, 0) is 31.2 Å². The van der Waals surface area contributed by atoms with Crippen molar-refractivity contribution in [3.63, 3.8) is 0 Å². The predicted molar refractivity (Wildman–Crippen MR) is 103 cm³/mol. The third-order valence-electron chi connectivity index (χ3n) is 5.09. The molecule has 1 unspecified atom stereocenters. The first-order valence-electron chi connectivity index (χ1n) is 9.29. The molecule has 2 aromatic heterocycles. The molecule has 0 aliphatic heterocycles. The molecule has 0 fully saturated rings. The van der Waals surface area contributed by atoms with E-state index in [1.54, 1.807) is 22.2 Å². The fourth-order valence-electron chi connectivity index (χ4n) is 3.34. The van der Waals surface area contributed by atoms with Crippen LogP contribution in [-0.2, 0) is 19.4 Å². The molecular formula is C19H29N3O2S. The molecule has 2 aromatic rings. The number of thiophene rings is 1. The van der Waals surface area contributed by atoms with E-state index < -0.39 is 0 Å². The number of fused-ring (bicyclic) bond motifs is 3. The van der Waals surface area contributed by atoms with Crippen LogP contribution in [0.3, 0.4) is 0 Å². The number of rotatable bonds is 7. The van der Waals surface area contributed by atoms with Gasteiger partial charge in [-0.1, -0.05) is 27.2 Å². The van der Waals surface area contributed by atoms with Crippen LogP contribution in [0.4, 0.5) is 0 Å². The van der Waals surface area contributed by atoms with Crippen molar-refractivity contribution in [3.05, 3.63) is 27.1 Å². The smallest absolute Gasteiger partial charge is 0.262 e. The van der Waals surface area contributed by atoms with E-state index in [0.29, 0.717) is 6.04 Å². The summed E-state index contributed by atoms with van der Waals surface area (Å²) in [5.74, 6) is 0. The van der Waals surface area contributed by atoms with E-state index in [9.17, 15) is 9.90 Å². The number of hydrogen-bond donors (Lipinski definition) is 2. The van der Waals surface area contributed by atoms with Crippen molar-refractivity contribution in [3.8, 4) is 0 Å². The molecule has 0 aromatic carbocycles. The molecule has 1 aliphatic carbocycles. The monoisotopic (exact) mass is 363 g/mol. The molecule has 1 aliphatic rings. The second-order valence-electron chi connectivity index (χ2n) is 7.92. The molecule has 0 spiro atoms. The number of aromatic nitrogens is 2. The van der Waals surface area contributed by atoms with Crippen molar-refractivity contribution < 1.29 is 5.11 Å². The fourth-order valence-corrected chi connectivity index (χ4v) is 4.60. The van der Waals surface area contributed by atoms with Crippen molar-refractivity contribution in [2.45, 2.75) is 65.5 Å². The third kappa shape index (κ3) is 3.96. The second-order valence-corrected chi connectivity index (χ2v) is 9.01. The first-order chi connectivity index (χ1) is 11.9. The summed E-state index contributed by atoms with van der Waals surface area (Å²) in [5.41, 5.74) is 1.25. The molecule has 6 heteroatoms. The van der Waals surface area contributed by atoms with Crippen LogP contribution in [0.25, 0.3) is 10.2 Å². The lowest BCUT2D eigenvalue weighted by Crippen LogP contribution is -2.41. The first-order valence-corrected chi connectivity index (χ1v) is 10.1. The van der Waals surface area contributed by atoms with Crippen LogP contribution in [0, 0.1) is 5.41 Å². The average Bonchev–Trinajstić information content (AvgIpc) is 2.98. The van der Waals surface area contributed by atoms with Gasteiger partial charge in [0.2, 0.25) is 0 Å². The summed E-state index contributed by atoms with van der Waals surface area (Å²) in [5, 5.41) is 13.9. The normalized spacial score (nSPS) is 17.8. The molecule has 0 radical (unpaired) electrons. The highest BCUT2D eigenvalue weighted by atomic mass is 32.1. The van der Waals surface area contributed by atoms with Gasteiger partial charge in [0.1, 0.15) is 4.83 Å². The largest absolute Gasteiger partial charge is 0.396 e. The van der Waals surface area contributed by atoms with Crippen LogP contribution in [0.15, 0.2) is 11.1 Å². The van der Waals surface area contributed by atoms with E-state index in [4.69, 9.17) is 0 Å². The second kappa shape index (κ2) is 7.56. The Balaban J connectivity index is 1.81. The van der Waals surface area contributed by atoms with Crippen LogP contribution in [0.2, 0.25) is 0 Å². The topological polar surface area (TPSA) is 67.2 Å². The van der Waals surface area contributed by atoms with Crippen LogP contribution in [-0.4, -0.2) is 33.9 Å². The number of unbranched alkanes of at least 4 members (excludes halogenated alkanes) is 1. The van der Waals surface area contributed by atoms with E-state index in [1.807, 2.05) is 0 Å². The Kier molecular flexibility index (Phi) is 5.61. The molecule has 5 nitrogen and oxygen atoms in total. The summed E-state index contributed by atoms with van der Waals surface area (Å²) in [7, 11) is 0. The Morgan fingerprint density at radius 3 is 3.00 bits per heavy atom. The lowest BCUT2D eigenvalue weighted by atomic mass is 9.90. The average molecular weight is 364 g/mol. The van der Waals surface area contributed by atoms with E-state index in [-0.39, 0.29) is 17.6 Å². The molecule has 0 saturated carbocycles. The minimum absolute atomic E-state index is 0.102. The highest BCUT2D eigenvalue weighted by molar-refractivity contribution is 7.18. The molecule has 138 valence electrons.